The highest BCUT2D eigenvalue weighted by molar-refractivity contribution is 7.08. The van der Waals surface area contributed by atoms with Gasteiger partial charge in [0.1, 0.15) is 10.7 Å². The Morgan fingerprint density at radius 3 is 2.81 bits per heavy atom. The number of halogens is 1. The SMILES string of the molecule is Nc1cc(C(=O)Oc2ccccc2F)sn1. The van der Waals surface area contributed by atoms with Gasteiger partial charge in [0.15, 0.2) is 11.6 Å². The van der Waals surface area contributed by atoms with Crippen molar-refractivity contribution < 1.29 is 13.9 Å². The fourth-order valence-electron chi connectivity index (χ4n) is 1.06. The summed E-state index contributed by atoms with van der Waals surface area (Å²) >= 11 is 0.911. The summed E-state index contributed by atoms with van der Waals surface area (Å²) in [6, 6.07) is 7.05. The van der Waals surface area contributed by atoms with Crippen LogP contribution in [0, 0.1) is 5.82 Å². The first kappa shape index (κ1) is 10.6. The van der Waals surface area contributed by atoms with E-state index in [4.69, 9.17) is 10.5 Å². The first-order valence-corrected chi connectivity index (χ1v) is 5.13. The Hall–Kier alpha value is -1.95. The average molecular weight is 238 g/mol. The molecule has 4 nitrogen and oxygen atoms in total. The number of aromatic nitrogens is 1. The number of benzene rings is 1. The maximum absolute atomic E-state index is 13.2. The van der Waals surface area contributed by atoms with Crippen LogP contribution >= 0.6 is 11.5 Å². The van der Waals surface area contributed by atoms with Crippen molar-refractivity contribution in [3.8, 4) is 5.75 Å². The summed E-state index contributed by atoms with van der Waals surface area (Å²) in [7, 11) is 0. The van der Waals surface area contributed by atoms with Gasteiger partial charge in [-0.15, -0.1) is 0 Å². The van der Waals surface area contributed by atoms with Crippen LogP contribution in [-0.4, -0.2) is 10.3 Å². The van der Waals surface area contributed by atoms with Gasteiger partial charge >= 0.3 is 5.97 Å². The number of carbonyl (C=O) groups excluding carboxylic acids is 1. The van der Waals surface area contributed by atoms with E-state index in [0.717, 1.165) is 11.5 Å². The molecule has 0 radical (unpaired) electrons. The quantitative estimate of drug-likeness (QED) is 0.642. The van der Waals surface area contributed by atoms with Gasteiger partial charge in [-0.2, -0.15) is 4.37 Å². The minimum absolute atomic E-state index is 0.112. The van der Waals surface area contributed by atoms with Gasteiger partial charge in [-0.3, -0.25) is 0 Å². The molecule has 0 aliphatic rings. The highest BCUT2D eigenvalue weighted by atomic mass is 32.1. The van der Waals surface area contributed by atoms with Gasteiger partial charge in [-0.1, -0.05) is 12.1 Å². The molecule has 6 heteroatoms. The summed E-state index contributed by atoms with van der Waals surface area (Å²) in [6.45, 7) is 0. The van der Waals surface area contributed by atoms with Crippen molar-refractivity contribution in [2.45, 2.75) is 0 Å². The molecule has 1 aromatic carbocycles. The Kier molecular flexibility index (Phi) is 2.82. The second-order valence-corrected chi connectivity index (χ2v) is 3.74. The lowest BCUT2D eigenvalue weighted by atomic mass is 10.3. The average Bonchev–Trinajstić information content (AvgIpc) is 2.68. The third kappa shape index (κ3) is 2.17. The fraction of sp³-hybridized carbons (Fsp3) is 0. The van der Waals surface area contributed by atoms with Crippen LogP contribution in [0.25, 0.3) is 0 Å². The molecule has 0 amide bonds. The summed E-state index contributed by atoms with van der Waals surface area (Å²) in [4.78, 5) is 11.7. The molecule has 0 saturated carbocycles. The number of rotatable bonds is 2. The van der Waals surface area contributed by atoms with Crippen LogP contribution in [0.3, 0.4) is 0 Å². The van der Waals surface area contributed by atoms with Crippen LogP contribution in [0.1, 0.15) is 9.67 Å². The molecule has 0 fully saturated rings. The first-order chi connectivity index (χ1) is 7.66. The molecule has 82 valence electrons. The summed E-state index contributed by atoms with van der Waals surface area (Å²) in [5.74, 6) is -1.13. The third-order valence-corrected chi connectivity index (χ3v) is 2.55. The lowest BCUT2D eigenvalue weighted by Gasteiger charge is -2.02. The Morgan fingerprint density at radius 1 is 1.44 bits per heavy atom. The number of carbonyl (C=O) groups is 1. The molecule has 2 rings (SSSR count). The van der Waals surface area contributed by atoms with Crippen LogP contribution in [0.2, 0.25) is 0 Å². The van der Waals surface area contributed by atoms with Crippen LogP contribution in [0.15, 0.2) is 30.3 Å². The van der Waals surface area contributed by atoms with Gasteiger partial charge in [0.25, 0.3) is 0 Å². The molecule has 0 aliphatic heterocycles. The third-order valence-electron chi connectivity index (χ3n) is 1.77. The zero-order valence-electron chi connectivity index (χ0n) is 8.01. The van der Waals surface area contributed by atoms with Gasteiger partial charge < -0.3 is 10.5 Å². The highest BCUT2D eigenvalue weighted by Crippen LogP contribution is 2.19. The fourth-order valence-corrected chi connectivity index (χ4v) is 1.61. The van der Waals surface area contributed by atoms with E-state index in [1.165, 1.54) is 24.3 Å². The highest BCUT2D eigenvalue weighted by Gasteiger charge is 2.14. The Bertz CT molecular complexity index is 527. The predicted molar refractivity (Wildman–Crippen MR) is 57.9 cm³/mol. The molecule has 1 heterocycles. The number of nitrogens with two attached hydrogens (primary N) is 1. The number of esters is 1. The monoisotopic (exact) mass is 238 g/mol. The predicted octanol–water partition coefficient (Wildman–Crippen LogP) is 2.08. The topological polar surface area (TPSA) is 65.2 Å². The summed E-state index contributed by atoms with van der Waals surface area (Å²) < 4.78 is 21.7. The first-order valence-electron chi connectivity index (χ1n) is 4.36. The Morgan fingerprint density at radius 2 is 2.19 bits per heavy atom. The Balaban J connectivity index is 2.17. The van der Waals surface area contributed by atoms with Crippen molar-refractivity contribution in [3.63, 3.8) is 0 Å². The molecule has 1 aromatic heterocycles. The van der Waals surface area contributed by atoms with E-state index in [2.05, 4.69) is 4.37 Å². The number of para-hydroxylation sites is 1. The molecule has 0 atom stereocenters. The second kappa shape index (κ2) is 4.28. The van der Waals surface area contributed by atoms with Crippen molar-refractivity contribution in [1.29, 1.82) is 0 Å². The van der Waals surface area contributed by atoms with Crippen LogP contribution < -0.4 is 10.5 Å². The Labute approximate surface area is 94.6 Å². The van der Waals surface area contributed by atoms with Crippen molar-refractivity contribution in [1.82, 2.24) is 4.37 Å². The molecule has 0 saturated heterocycles. The minimum atomic E-state index is -0.667. The van der Waals surface area contributed by atoms with Gasteiger partial charge in [-0.05, 0) is 23.7 Å². The van der Waals surface area contributed by atoms with Crippen LogP contribution in [-0.2, 0) is 0 Å². The van der Waals surface area contributed by atoms with E-state index in [9.17, 15) is 9.18 Å². The number of hydrogen-bond acceptors (Lipinski definition) is 5. The van der Waals surface area contributed by atoms with E-state index < -0.39 is 11.8 Å². The molecule has 2 N–H and O–H groups in total. The van der Waals surface area contributed by atoms with Gasteiger partial charge in [-0.25, -0.2) is 9.18 Å². The zero-order chi connectivity index (χ0) is 11.5. The van der Waals surface area contributed by atoms with Crippen molar-refractivity contribution in [2.75, 3.05) is 5.73 Å². The number of nitrogen functional groups attached to an aromatic ring is 1. The van der Waals surface area contributed by atoms with Crippen LogP contribution in [0.5, 0.6) is 5.75 Å². The molecular weight excluding hydrogens is 231 g/mol. The second-order valence-electron chi connectivity index (χ2n) is 2.94. The van der Waals surface area contributed by atoms with E-state index in [1.807, 2.05) is 0 Å². The summed E-state index contributed by atoms with van der Waals surface area (Å²) in [6.07, 6.45) is 0. The van der Waals surface area contributed by atoms with E-state index >= 15 is 0 Å². The normalized spacial score (nSPS) is 10.1. The molecule has 16 heavy (non-hydrogen) atoms. The van der Waals surface area contributed by atoms with Gasteiger partial charge in [0, 0.05) is 6.07 Å². The van der Waals surface area contributed by atoms with E-state index in [0.29, 0.717) is 0 Å². The zero-order valence-corrected chi connectivity index (χ0v) is 8.83. The lowest BCUT2D eigenvalue weighted by molar-refractivity contribution is 0.0733. The van der Waals surface area contributed by atoms with Crippen molar-refractivity contribution in [2.24, 2.45) is 0 Å². The maximum atomic E-state index is 13.2. The largest absolute Gasteiger partial charge is 0.419 e. The smallest absolute Gasteiger partial charge is 0.355 e. The van der Waals surface area contributed by atoms with Crippen molar-refractivity contribution >= 4 is 23.3 Å². The van der Waals surface area contributed by atoms with Crippen LogP contribution in [0.4, 0.5) is 10.2 Å². The van der Waals surface area contributed by atoms with Gasteiger partial charge in [0.2, 0.25) is 0 Å². The molecule has 0 aliphatic carbocycles. The standard InChI is InChI=1S/C10H7FN2O2S/c11-6-3-1-2-4-7(6)15-10(14)8-5-9(12)13-16-8/h1-5H,(H2,12,13). The lowest BCUT2D eigenvalue weighted by Crippen LogP contribution is -2.07. The summed E-state index contributed by atoms with van der Waals surface area (Å²) in [5, 5.41) is 0. The number of hydrogen-bond donors (Lipinski definition) is 1. The molecular formula is C10H7FN2O2S. The van der Waals surface area contributed by atoms with Gasteiger partial charge in [0.05, 0.1) is 0 Å². The number of nitrogens with zero attached hydrogens (tertiary/aromatic N) is 1. The van der Waals surface area contributed by atoms with E-state index in [-0.39, 0.29) is 16.4 Å². The molecule has 2 aromatic rings. The van der Waals surface area contributed by atoms with Crippen molar-refractivity contribution in [3.05, 3.63) is 41.0 Å². The molecule has 0 unspecified atom stereocenters. The number of ether oxygens (including phenoxy) is 1. The maximum Gasteiger partial charge on any atom is 0.355 e. The minimum Gasteiger partial charge on any atom is -0.419 e. The number of anilines is 1. The van der Waals surface area contributed by atoms with E-state index in [1.54, 1.807) is 6.07 Å². The molecule has 0 spiro atoms. The molecule has 0 bridgehead atoms. The summed E-state index contributed by atoms with van der Waals surface area (Å²) in [5.41, 5.74) is 5.36.